The monoisotopic (exact) mass is 527 g/mol. The van der Waals surface area contributed by atoms with E-state index in [1.807, 2.05) is 32.0 Å². The van der Waals surface area contributed by atoms with E-state index in [0.717, 1.165) is 5.56 Å². The van der Waals surface area contributed by atoms with Gasteiger partial charge in [-0.1, -0.05) is 44.2 Å². The van der Waals surface area contributed by atoms with Gasteiger partial charge in [0.25, 0.3) is 5.91 Å². The van der Waals surface area contributed by atoms with Gasteiger partial charge in [0, 0.05) is 12.1 Å². The van der Waals surface area contributed by atoms with E-state index >= 15 is 0 Å². The molecule has 3 aromatic rings. The quantitative estimate of drug-likeness (QED) is 0.229. The predicted octanol–water partition coefficient (Wildman–Crippen LogP) is 3.25. The van der Waals surface area contributed by atoms with Gasteiger partial charge in [0.15, 0.2) is 0 Å². The fourth-order valence-corrected chi connectivity index (χ4v) is 4.40. The Morgan fingerprint density at radius 3 is 2.26 bits per heavy atom. The molecule has 204 valence electrons. The SMILES string of the molecule is CC(C)c1c(C(=O)N[C@H](CO)c2ccccc2)nc(-c2ccc(F)cc2)n1CC[C@@H](O)C[C@@H](O)CC(=O)O. The third kappa shape index (κ3) is 7.47. The summed E-state index contributed by atoms with van der Waals surface area (Å²) < 4.78 is 15.4. The van der Waals surface area contributed by atoms with Crippen molar-refractivity contribution in [2.45, 2.75) is 63.8 Å². The average Bonchev–Trinajstić information content (AvgIpc) is 3.26. The molecule has 0 aliphatic carbocycles. The molecule has 1 amide bonds. The zero-order valence-corrected chi connectivity index (χ0v) is 21.4. The first-order chi connectivity index (χ1) is 18.1. The van der Waals surface area contributed by atoms with Crippen molar-refractivity contribution in [2.24, 2.45) is 0 Å². The van der Waals surface area contributed by atoms with Crippen LogP contribution in [0.5, 0.6) is 0 Å². The summed E-state index contributed by atoms with van der Waals surface area (Å²) in [6, 6.07) is 14.1. The number of nitrogens with zero attached hydrogens (tertiary/aromatic N) is 2. The van der Waals surface area contributed by atoms with E-state index in [1.165, 1.54) is 12.1 Å². The van der Waals surface area contributed by atoms with Crippen LogP contribution in [-0.2, 0) is 11.3 Å². The zero-order valence-electron chi connectivity index (χ0n) is 21.4. The summed E-state index contributed by atoms with van der Waals surface area (Å²) in [5, 5.41) is 42.0. The van der Waals surface area contributed by atoms with Crippen LogP contribution < -0.4 is 5.32 Å². The number of hydrogen-bond donors (Lipinski definition) is 5. The van der Waals surface area contributed by atoms with Gasteiger partial charge < -0.3 is 30.3 Å². The molecule has 0 unspecified atom stereocenters. The van der Waals surface area contributed by atoms with Crippen molar-refractivity contribution in [3.05, 3.63) is 77.4 Å². The van der Waals surface area contributed by atoms with Crippen molar-refractivity contribution < 1.29 is 34.4 Å². The van der Waals surface area contributed by atoms with E-state index < -0.39 is 42.4 Å². The van der Waals surface area contributed by atoms with Crippen LogP contribution in [-0.4, -0.2) is 60.7 Å². The van der Waals surface area contributed by atoms with Gasteiger partial charge in [0.05, 0.1) is 37.0 Å². The number of carboxylic acids is 1. The van der Waals surface area contributed by atoms with Crippen LogP contribution in [0, 0.1) is 5.82 Å². The van der Waals surface area contributed by atoms with E-state index in [2.05, 4.69) is 10.3 Å². The molecule has 0 aliphatic rings. The van der Waals surface area contributed by atoms with E-state index in [9.17, 15) is 29.3 Å². The van der Waals surface area contributed by atoms with Gasteiger partial charge in [0.2, 0.25) is 0 Å². The van der Waals surface area contributed by atoms with Crippen LogP contribution in [0.4, 0.5) is 4.39 Å². The van der Waals surface area contributed by atoms with E-state index in [4.69, 9.17) is 5.11 Å². The van der Waals surface area contributed by atoms with Gasteiger partial charge >= 0.3 is 5.97 Å². The van der Waals surface area contributed by atoms with Crippen LogP contribution in [0.3, 0.4) is 0 Å². The predicted molar refractivity (Wildman–Crippen MR) is 139 cm³/mol. The van der Waals surface area contributed by atoms with Crippen LogP contribution >= 0.6 is 0 Å². The third-order valence-corrected chi connectivity index (χ3v) is 6.20. The smallest absolute Gasteiger partial charge is 0.305 e. The Bertz CT molecular complexity index is 1210. The first-order valence-corrected chi connectivity index (χ1v) is 12.5. The number of carboxylic acid groups (broad SMARTS) is 1. The fourth-order valence-electron chi connectivity index (χ4n) is 4.40. The van der Waals surface area contributed by atoms with E-state index in [1.54, 1.807) is 28.8 Å². The molecule has 38 heavy (non-hydrogen) atoms. The molecule has 3 rings (SSSR count). The van der Waals surface area contributed by atoms with Crippen LogP contribution in [0.2, 0.25) is 0 Å². The highest BCUT2D eigenvalue weighted by Gasteiger charge is 2.27. The number of hydrogen-bond acceptors (Lipinski definition) is 6. The number of aromatic nitrogens is 2. The normalized spacial score (nSPS) is 13.8. The van der Waals surface area contributed by atoms with Crippen molar-refractivity contribution in [2.75, 3.05) is 6.61 Å². The number of rotatable bonds is 13. The largest absolute Gasteiger partial charge is 0.481 e. The number of amides is 1. The highest BCUT2D eigenvalue weighted by Crippen LogP contribution is 2.29. The molecule has 0 fully saturated rings. The maximum absolute atomic E-state index is 13.6. The fraction of sp³-hybridized carbons (Fsp3) is 0.393. The Labute approximate surface area is 220 Å². The number of imidazole rings is 1. The lowest BCUT2D eigenvalue weighted by atomic mass is 10.0. The van der Waals surface area contributed by atoms with Crippen molar-refractivity contribution in [1.29, 1.82) is 0 Å². The van der Waals surface area contributed by atoms with Crippen LogP contribution in [0.15, 0.2) is 54.6 Å². The number of aliphatic carboxylic acids is 1. The first kappa shape index (κ1) is 29.0. The Morgan fingerprint density at radius 2 is 1.68 bits per heavy atom. The molecule has 1 aromatic heterocycles. The Balaban J connectivity index is 1.96. The molecular formula is C28H34FN3O6. The second kappa shape index (κ2) is 13.3. The Hall–Kier alpha value is -3.60. The van der Waals surface area contributed by atoms with E-state index in [0.29, 0.717) is 17.1 Å². The molecule has 0 radical (unpaired) electrons. The lowest BCUT2D eigenvalue weighted by Gasteiger charge is -2.19. The number of benzene rings is 2. The summed E-state index contributed by atoms with van der Waals surface area (Å²) in [4.78, 5) is 28.9. The average molecular weight is 528 g/mol. The molecule has 0 aliphatic heterocycles. The molecule has 0 saturated carbocycles. The number of carbonyl (C=O) groups is 2. The minimum absolute atomic E-state index is 0.119. The molecule has 9 nitrogen and oxygen atoms in total. The molecule has 10 heteroatoms. The zero-order chi connectivity index (χ0) is 27.8. The molecule has 5 N–H and O–H groups in total. The second-order valence-corrected chi connectivity index (χ2v) is 9.53. The summed E-state index contributed by atoms with van der Waals surface area (Å²) >= 11 is 0. The minimum Gasteiger partial charge on any atom is -0.481 e. The van der Waals surface area contributed by atoms with Crippen molar-refractivity contribution in [3.8, 4) is 11.4 Å². The summed E-state index contributed by atoms with van der Waals surface area (Å²) in [5.74, 6) is -1.84. The van der Waals surface area contributed by atoms with E-state index in [-0.39, 0.29) is 37.6 Å². The van der Waals surface area contributed by atoms with Crippen LogP contribution in [0.1, 0.15) is 66.8 Å². The van der Waals surface area contributed by atoms with Gasteiger partial charge in [-0.2, -0.15) is 0 Å². The summed E-state index contributed by atoms with van der Waals surface area (Å²) in [5.41, 5.74) is 2.03. The van der Waals surface area contributed by atoms with Gasteiger partial charge in [0.1, 0.15) is 17.3 Å². The lowest BCUT2D eigenvalue weighted by Crippen LogP contribution is -2.32. The van der Waals surface area contributed by atoms with Crippen LogP contribution in [0.25, 0.3) is 11.4 Å². The number of aliphatic hydroxyl groups excluding tert-OH is 3. The lowest BCUT2D eigenvalue weighted by molar-refractivity contribution is -0.139. The topological polar surface area (TPSA) is 145 Å². The number of aliphatic hydroxyl groups is 3. The molecule has 3 atom stereocenters. The maximum Gasteiger partial charge on any atom is 0.305 e. The van der Waals surface area contributed by atoms with Gasteiger partial charge in [-0.15, -0.1) is 0 Å². The molecule has 1 heterocycles. The third-order valence-electron chi connectivity index (χ3n) is 6.20. The Kier molecular flexibility index (Phi) is 10.1. The highest BCUT2D eigenvalue weighted by atomic mass is 19.1. The molecular weight excluding hydrogens is 493 g/mol. The summed E-state index contributed by atoms with van der Waals surface area (Å²) in [7, 11) is 0. The number of carbonyl (C=O) groups excluding carboxylic acids is 1. The summed E-state index contributed by atoms with van der Waals surface area (Å²) in [6.07, 6.45) is -2.63. The highest BCUT2D eigenvalue weighted by molar-refractivity contribution is 5.94. The molecule has 0 spiro atoms. The summed E-state index contributed by atoms with van der Waals surface area (Å²) in [6.45, 7) is 3.69. The Morgan fingerprint density at radius 1 is 1.03 bits per heavy atom. The molecule has 2 aromatic carbocycles. The molecule has 0 saturated heterocycles. The molecule has 0 bridgehead atoms. The van der Waals surface area contributed by atoms with Gasteiger partial charge in [-0.05, 0) is 48.6 Å². The number of nitrogens with one attached hydrogen (secondary N) is 1. The first-order valence-electron chi connectivity index (χ1n) is 12.5. The standard InChI is InChI=1S/C28H34FN3O6/c1-17(2)26-25(28(38)30-23(16-33)18-6-4-3-5-7-18)31-27(19-8-10-20(29)11-9-19)32(26)13-12-21(34)14-22(35)15-24(36)37/h3-11,17,21-23,33-35H,12-16H2,1-2H3,(H,30,38)(H,36,37)/t21-,22-,23-/m1/s1. The maximum atomic E-state index is 13.6. The van der Waals surface area contributed by atoms with Gasteiger partial charge in [-0.25, -0.2) is 9.37 Å². The van der Waals surface area contributed by atoms with Crippen molar-refractivity contribution in [3.63, 3.8) is 0 Å². The van der Waals surface area contributed by atoms with Crippen molar-refractivity contribution in [1.82, 2.24) is 14.9 Å². The van der Waals surface area contributed by atoms with Gasteiger partial charge in [-0.3, -0.25) is 9.59 Å². The van der Waals surface area contributed by atoms with Crippen molar-refractivity contribution >= 4 is 11.9 Å². The minimum atomic E-state index is -1.19. The number of halogens is 1. The second-order valence-electron chi connectivity index (χ2n) is 9.53.